The van der Waals surface area contributed by atoms with Crippen LogP contribution in [0.25, 0.3) is 0 Å². The molecule has 3 unspecified atom stereocenters. The van der Waals surface area contributed by atoms with Crippen molar-refractivity contribution in [3.05, 3.63) is 11.6 Å². The second-order valence-corrected chi connectivity index (χ2v) is 5.93. The molecular formula is C15H26O2. The molecule has 2 rings (SSSR count). The van der Waals surface area contributed by atoms with Crippen molar-refractivity contribution in [1.29, 1.82) is 0 Å². The Balaban J connectivity index is 2.14. The zero-order valence-corrected chi connectivity index (χ0v) is 11.7. The minimum Gasteiger partial charge on any atom is -0.371 e. The van der Waals surface area contributed by atoms with Gasteiger partial charge in [0, 0.05) is 6.42 Å². The van der Waals surface area contributed by atoms with Crippen molar-refractivity contribution in [1.82, 2.24) is 0 Å². The zero-order valence-electron chi connectivity index (χ0n) is 11.7. The SMILES string of the molecule is CCCCC1(C)OCCC2OC(C(C)C)C=C21. The lowest BCUT2D eigenvalue weighted by atomic mass is 9.83. The molecule has 2 aliphatic rings. The van der Waals surface area contributed by atoms with Crippen LogP contribution in [0.15, 0.2) is 11.6 Å². The van der Waals surface area contributed by atoms with Crippen LogP contribution in [0, 0.1) is 5.92 Å². The van der Waals surface area contributed by atoms with Gasteiger partial charge in [-0.1, -0.05) is 39.7 Å². The van der Waals surface area contributed by atoms with Crippen molar-refractivity contribution in [2.45, 2.75) is 71.2 Å². The van der Waals surface area contributed by atoms with Gasteiger partial charge >= 0.3 is 0 Å². The lowest BCUT2D eigenvalue weighted by Gasteiger charge is -2.38. The third kappa shape index (κ3) is 2.58. The van der Waals surface area contributed by atoms with E-state index in [9.17, 15) is 0 Å². The van der Waals surface area contributed by atoms with Gasteiger partial charge in [0.15, 0.2) is 0 Å². The number of hydrogen-bond acceptors (Lipinski definition) is 2. The molecule has 1 fully saturated rings. The van der Waals surface area contributed by atoms with E-state index in [1.807, 2.05) is 0 Å². The average Bonchev–Trinajstić information content (AvgIpc) is 2.72. The molecule has 17 heavy (non-hydrogen) atoms. The maximum atomic E-state index is 6.13. The van der Waals surface area contributed by atoms with E-state index in [0.717, 1.165) is 19.4 Å². The maximum absolute atomic E-state index is 6.13. The normalized spacial score (nSPS) is 37.1. The summed E-state index contributed by atoms with van der Waals surface area (Å²) in [4.78, 5) is 0. The Hall–Kier alpha value is -0.340. The molecule has 98 valence electrons. The predicted molar refractivity (Wildman–Crippen MR) is 70.1 cm³/mol. The van der Waals surface area contributed by atoms with E-state index < -0.39 is 0 Å². The molecular weight excluding hydrogens is 212 g/mol. The molecule has 2 heteroatoms. The second-order valence-electron chi connectivity index (χ2n) is 5.93. The first-order valence-electron chi connectivity index (χ1n) is 7.08. The van der Waals surface area contributed by atoms with E-state index in [1.165, 1.54) is 18.4 Å². The minimum atomic E-state index is -0.0669. The monoisotopic (exact) mass is 238 g/mol. The van der Waals surface area contributed by atoms with Crippen LogP contribution in [-0.4, -0.2) is 24.4 Å². The van der Waals surface area contributed by atoms with E-state index in [2.05, 4.69) is 33.8 Å². The highest BCUT2D eigenvalue weighted by molar-refractivity contribution is 5.28. The third-order valence-corrected chi connectivity index (χ3v) is 4.09. The number of unbranched alkanes of at least 4 members (excludes halogenated alkanes) is 1. The van der Waals surface area contributed by atoms with E-state index in [1.54, 1.807) is 0 Å². The molecule has 0 aliphatic carbocycles. The fraction of sp³-hybridized carbons (Fsp3) is 0.867. The summed E-state index contributed by atoms with van der Waals surface area (Å²) in [5.74, 6) is 0.559. The second kappa shape index (κ2) is 5.11. The maximum Gasteiger partial charge on any atom is 0.0889 e. The van der Waals surface area contributed by atoms with Gasteiger partial charge in [0.1, 0.15) is 0 Å². The Morgan fingerprint density at radius 2 is 2.24 bits per heavy atom. The Bertz CT molecular complexity index is 295. The molecule has 0 spiro atoms. The molecule has 3 atom stereocenters. The Labute approximate surface area is 105 Å². The largest absolute Gasteiger partial charge is 0.371 e. The first kappa shape index (κ1) is 13.1. The highest BCUT2D eigenvalue weighted by atomic mass is 16.5. The molecule has 2 nitrogen and oxygen atoms in total. The van der Waals surface area contributed by atoms with Gasteiger partial charge in [-0.15, -0.1) is 0 Å². The molecule has 0 bridgehead atoms. The standard InChI is InChI=1S/C15H26O2/c1-5-6-8-15(4)12-10-14(11(2)3)17-13(12)7-9-16-15/h10-11,13-14H,5-9H2,1-4H3. The lowest BCUT2D eigenvalue weighted by molar-refractivity contribution is -0.0812. The summed E-state index contributed by atoms with van der Waals surface area (Å²) < 4.78 is 12.2. The Kier molecular flexibility index (Phi) is 3.94. The van der Waals surface area contributed by atoms with Crippen LogP contribution in [0.3, 0.4) is 0 Å². The summed E-state index contributed by atoms with van der Waals surface area (Å²) in [6.45, 7) is 9.77. The van der Waals surface area contributed by atoms with Crippen LogP contribution >= 0.6 is 0 Å². The van der Waals surface area contributed by atoms with Crippen LogP contribution < -0.4 is 0 Å². The van der Waals surface area contributed by atoms with E-state index in [4.69, 9.17) is 9.47 Å². The van der Waals surface area contributed by atoms with Gasteiger partial charge in [-0.2, -0.15) is 0 Å². The fourth-order valence-corrected chi connectivity index (χ4v) is 2.88. The quantitative estimate of drug-likeness (QED) is 0.695. The Morgan fingerprint density at radius 3 is 2.88 bits per heavy atom. The molecule has 0 amide bonds. The number of ether oxygens (including phenoxy) is 2. The summed E-state index contributed by atoms with van der Waals surface area (Å²) >= 11 is 0. The molecule has 1 saturated heterocycles. The molecule has 2 aliphatic heterocycles. The number of hydrogen-bond donors (Lipinski definition) is 0. The van der Waals surface area contributed by atoms with Gasteiger partial charge in [0.25, 0.3) is 0 Å². The molecule has 0 N–H and O–H groups in total. The van der Waals surface area contributed by atoms with Crippen LogP contribution in [0.1, 0.15) is 53.4 Å². The van der Waals surface area contributed by atoms with Crippen LogP contribution in [0.5, 0.6) is 0 Å². The lowest BCUT2D eigenvalue weighted by Crippen LogP contribution is -2.41. The summed E-state index contributed by atoms with van der Waals surface area (Å²) in [7, 11) is 0. The highest BCUT2D eigenvalue weighted by Gasteiger charge is 2.43. The summed E-state index contributed by atoms with van der Waals surface area (Å²) in [6, 6.07) is 0. The number of rotatable bonds is 4. The summed E-state index contributed by atoms with van der Waals surface area (Å²) in [5.41, 5.74) is 1.35. The first-order valence-corrected chi connectivity index (χ1v) is 7.08. The fourth-order valence-electron chi connectivity index (χ4n) is 2.88. The summed E-state index contributed by atoms with van der Waals surface area (Å²) in [5, 5.41) is 0. The van der Waals surface area contributed by atoms with Crippen molar-refractivity contribution in [3.63, 3.8) is 0 Å². The van der Waals surface area contributed by atoms with Gasteiger partial charge in [-0.3, -0.25) is 0 Å². The van der Waals surface area contributed by atoms with Crippen molar-refractivity contribution < 1.29 is 9.47 Å². The molecule has 0 aromatic heterocycles. The van der Waals surface area contributed by atoms with E-state index >= 15 is 0 Å². The van der Waals surface area contributed by atoms with Crippen molar-refractivity contribution in [2.75, 3.05) is 6.61 Å². The molecule has 2 heterocycles. The smallest absolute Gasteiger partial charge is 0.0889 e. The zero-order chi connectivity index (χ0) is 12.5. The first-order chi connectivity index (χ1) is 8.07. The molecule has 0 saturated carbocycles. The summed E-state index contributed by atoms with van der Waals surface area (Å²) in [6.07, 6.45) is 7.55. The molecule has 0 aromatic rings. The van der Waals surface area contributed by atoms with Crippen LogP contribution in [-0.2, 0) is 9.47 Å². The average molecular weight is 238 g/mol. The van der Waals surface area contributed by atoms with Gasteiger partial charge in [-0.05, 0) is 24.8 Å². The molecule has 0 radical (unpaired) electrons. The van der Waals surface area contributed by atoms with E-state index in [-0.39, 0.29) is 11.7 Å². The topological polar surface area (TPSA) is 18.5 Å². The Morgan fingerprint density at radius 1 is 1.47 bits per heavy atom. The van der Waals surface area contributed by atoms with Crippen molar-refractivity contribution in [2.24, 2.45) is 5.92 Å². The van der Waals surface area contributed by atoms with Crippen molar-refractivity contribution in [3.8, 4) is 0 Å². The third-order valence-electron chi connectivity index (χ3n) is 4.09. The van der Waals surface area contributed by atoms with Gasteiger partial charge < -0.3 is 9.47 Å². The van der Waals surface area contributed by atoms with Gasteiger partial charge in [0.2, 0.25) is 0 Å². The predicted octanol–water partition coefficient (Wildman–Crippen LogP) is 3.71. The molecule has 0 aromatic carbocycles. The van der Waals surface area contributed by atoms with E-state index in [0.29, 0.717) is 12.0 Å². The van der Waals surface area contributed by atoms with Crippen LogP contribution in [0.2, 0.25) is 0 Å². The van der Waals surface area contributed by atoms with Gasteiger partial charge in [-0.25, -0.2) is 0 Å². The minimum absolute atomic E-state index is 0.0669. The van der Waals surface area contributed by atoms with Crippen molar-refractivity contribution >= 4 is 0 Å². The van der Waals surface area contributed by atoms with Crippen LogP contribution in [0.4, 0.5) is 0 Å². The van der Waals surface area contributed by atoms with Gasteiger partial charge in [0.05, 0.1) is 24.4 Å². The number of fused-ring (bicyclic) bond motifs is 1. The highest BCUT2D eigenvalue weighted by Crippen LogP contribution is 2.41.